The van der Waals surface area contributed by atoms with Gasteiger partial charge in [0, 0.05) is 11.3 Å². The molecule has 2 heteroatoms. The minimum absolute atomic E-state index is 0. The predicted molar refractivity (Wildman–Crippen MR) is 58.6 cm³/mol. The van der Waals surface area contributed by atoms with Crippen LogP contribution in [0.4, 0.5) is 0 Å². The van der Waals surface area contributed by atoms with Gasteiger partial charge in [0.05, 0.1) is 0 Å². The Morgan fingerprint density at radius 2 is 1.77 bits per heavy atom. The quantitative estimate of drug-likeness (QED) is 0.629. The van der Waals surface area contributed by atoms with Crippen LogP contribution < -0.4 is 5.73 Å². The summed E-state index contributed by atoms with van der Waals surface area (Å²) < 4.78 is 0. The Balaban J connectivity index is 0.000000845. The van der Waals surface area contributed by atoms with E-state index in [0.717, 1.165) is 12.1 Å². The minimum atomic E-state index is 0. The van der Waals surface area contributed by atoms with E-state index in [2.05, 4.69) is 24.3 Å². The molecule has 2 rings (SSSR count). The van der Waals surface area contributed by atoms with Gasteiger partial charge in [-0.3, -0.25) is 0 Å². The Labute approximate surface area is 84.4 Å². The van der Waals surface area contributed by atoms with Gasteiger partial charge in [0.2, 0.25) is 0 Å². The summed E-state index contributed by atoms with van der Waals surface area (Å²) in [6.45, 7) is 0. The SMILES string of the molecule is Cl.NC1=CC=CC=C2CC=CC=C12. The highest BCUT2D eigenvalue weighted by atomic mass is 35.5. The maximum absolute atomic E-state index is 5.86. The van der Waals surface area contributed by atoms with Crippen LogP contribution in [0.1, 0.15) is 6.42 Å². The van der Waals surface area contributed by atoms with Gasteiger partial charge in [0.1, 0.15) is 0 Å². The lowest BCUT2D eigenvalue weighted by atomic mass is 9.96. The smallest absolute Gasteiger partial charge is 0.0390 e. The first-order valence-electron chi connectivity index (χ1n) is 4.08. The zero-order valence-corrected chi connectivity index (χ0v) is 8.05. The van der Waals surface area contributed by atoms with Gasteiger partial charge in [-0.15, -0.1) is 12.4 Å². The zero-order valence-electron chi connectivity index (χ0n) is 7.23. The Morgan fingerprint density at radius 1 is 1.00 bits per heavy atom. The maximum Gasteiger partial charge on any atom is 0.0390 e. The van der Waals surface area contributed by atoms with Crippen molar-refractivity contribution in [2.24, 2.45) is 5.73 Å². The molecular formula is C11H12ClN. The van der Waals surface area contributed by atoms with E-state index >= 15 is 0 Å². The van der Waals surface area contributed by atoms with Crippen molar-refractivity contribution in [2.45, 2.75) is 6.42 Å². The Kier molecular flexibility index (Phi) is 3.15. The second kappa shape index (κ2) is 4.15. The van der Waals surface area contributed by atoms with Gasteiger partial charge in [0.25, 0.3) is 0 Å². The summed E-state index contributed by atoms with van der Waals surface area (Å²) in [5.41, 5.74) is 9.19. The maximum atomic E-state index is 5.86. The number of allylic oxidation sites excluding steroid dienone is 8. The monoisotopic (exact) mass is 193 g/mol. The topological polar surface area (TPSA) is 26.0 Å². The van der Waals surface area contributed by atoms with Gasteiger partial charge >= 0.3 is 0 Å². The molecule has 0 aromatic heterocycles. The van der Waals surface area contributed by atoms with E-state index in [1.54, 1.807) is 0 Å². The molecule has 0 fully saturated rings. The highest BCUT2D eigenvalue weighted by Gasteiger charge is 2.08. The van der Waals surface area contributed by atoms with Crippen LogP contribution in [-0.4, -0.2) is 0 Å². The van der Waals surface area contributed by atoms with Gasteiger partial charge in [-0.2, -0.15) is 0 Å². The fraction of sp³-hybridized carbons (Fsp3) is 0.0909. The van der Waals surface area contributed by atoms with Crippen molar-refractivity contribution in [2.75, 3.05) is 0 Å². The first kappa shape index (κ1) is 9.87. The first-order valence-corrected chi connectivity index (χ1v) is 4.08. The molecule has 13 heavy (non-hydrogen) atoms. The molecule has 2 N–H and O–H groups in total. The van der Waals surface area contributed by atoms with Crippen LogP contribution in [0.15, 0.2) is 59.4 Å². The number of hydrogen-bond acceptors (Lipinski definition) is 1. The number of fused-ring (bicyclic) bond motifs is 1. The molecule has 0 aliphatic heterocycles. The number of hydrogen-bond donors (Lipinski definition) is 1. The van der Waals surface area contributed by atoms with E-state index in [4.69, 9.17) is 5.73 Å². The van der Waals surface area contributed by atoms with E-state index in [1.807, 2.05) is 18.2 Å². The lowest BCUT2D eigenvalue weighted by molar-refractivity contribution is 1.17. The fourth-order valence-electron chi connectivity index (χ4n) is 1.44. The van der Waals surface area contributed by atoms with Crippen molar-refractivity contribution in [1.29, 1.82) is 0 Å². The van der Waals surface area contributed by atoms with Crippen LogP contribution in [0, 0.1) is 0 Å². The predicted octanol–water partition coefficient (Wildman–Crippen LogP) is 2.63. The van der Waals surface area contributed by atoms with Crippen LogP contribution in [0.3, 0.4) is 0 Å². The molecule has 68 valence electrons. The summed E-state index contributed by atoms with van der Waals surface area (Å²) in [6.07, 6.45) is 15.3. The summed E-state index contributed by atoms with van der Waals surface area (Å²) in [7, 11) is 0. The molecule has 0 aromatic carbocycles. The molecule has 0 saturated heterocycles. The highest BCUT2D eigenvalue weighted by molar-refractivity contribution is 5.85. The third-order valence-electron chi connectivity index (χ3n) is 2.08. The largest absolute Gasteiger partial charge is 0.398 e. The molecular weight excluding hydrogens is 182 g/mol. The van der Waals surface area contributed by atoms with Gasteiger partial charge in [0.15, 0.2) is 0 Å². The van der Waals surface area contributed by atoms with Crippen molar-refractivity contribution < 1.29 is 0 Å². The second-order valence-electron chi connectivity index (χ2n) is 2.91. The molecule has 1 nitrogen and oxygen atoms in total. The molecule has 0 unspecified atom stereocenters. The highest BCUT2D eigenvalue weighted by Crippen LogP contribution is 2.25. The number of nitrogens with two attached hydrogens (primary N) is 1. The minimum Gasteiger partial charge on any atom is -0.398 e. The lowest BCUT2D eigenvalue weighted by Crippen LogP contribution is -2.04. The fourth-order valence-corrected chi connectivity index (χ4v) is 1.44. The van der Waals surface area contributed by atoms with E-state index in [-0.39, 0.29) is 12.4 Å². The van der Waals surface area contributed by atoms with E-state index in [9.17, 15) is 0 Å². The van der Waals surface area contributed by atoms with Crippen molar-refractivity contribution in [3.05, 3.63) is 59.4 Å². The van der Waals surface area contributed by atoms with Crippen LogP contribution >= 0.6 is 12.4 Å². The first-order chi connectivity index (χ1) is 5.88. The standard InChI is InChI=1S/C11H11N.ClH/c12-11-8-4-2-6-9-5-1-3-7-10(9)11;/h1-4,6-8H,5,12H2;1H. The summed E-state index contributed by atoms with van der Waals surface area (Å²) in [5.74, 6) is 0. The third-order valence-corrected chi connectivity index (χ3v) is 2.08. The van der Waals surface area contributed by atoms with Crippen molar-refractivity contribution in [1.82, 2.24) is 0 Å². The number of rotatable bonds is 0. The van der Waals surface area contributed by atoms with Gasteiger partial charge in [-0.05, 0) is 18.1 Å². The Morgan fingerprint density at radius 3 is 2.62 bits per heavy atom. The molecule has 0 amide bonds. The molecule has 0 bridgehead atoms. The number of halogens is 1. The Hall–Kier alpha value is -1.21. The van der Waals surface area contributed by atoms with Gasteiger partial charge in [-0.25, -0.2) is 0 Å². The van der Waals surface area contributed by atoms with Crippen LogP contribution in [-0.2, 0) is 0 Å². The molecule has 2 aliphatic carbocycles. The van der Waals surface area contributed by atoms with Gasteiger partial charge < -0.3 is 5.73 Å². The summed E-state index contributed by atoms with van der Waals surface area (Å²) in [6, 6.07) is 0. The van der Waals surface area contributed by atoms with Crippen LogP contribution in [0.5, 0.6) is 0 Å². The van der Waals surface area contributed by atoms with E-state index in [0.29, 0.717) is 0 Å². The van der Waals surface area contributed by atoms with Crippen molar-refractivity contribution in [3.63, 3.8) is 0 Å². The van der Waals surface area contributed by atoms with E-state index in [1.165, 1.54) is 11.1 Å². The molecule has 2 aliphatic rings. The van der Waals surface area contributed by atoms with Crippen LogP contribution in [0.25, 0.3) is 0 Å². The molecule has 0 heterocycles. The van der Waals surface area contributed by atoms with E-state index < -0.39 is 0 Å². The van der Waals surface area contributed by atoms with Crippen molar-refractivity contribution >= 4 is 12.4 Å². The normalized spacial score (nSPS) is 18.9. The average molecular weight is 194 g/mol. The Bertz CT molecular complexity index is 343. The summed E-state index contributed by atoms with van der Waals surface area (Å²) in [5, 5.41) is 0. The average Bonchev–Trinajstić information content (AvgIpc) is 2.29. The zero-order chi connectivity index (χ0) is 8.39. The summed E-state index contributed by atoms with van der Waals surface area (Å²) >= 11 is 0. The second-order valence-corrected chi connectivity index (χ2v) is 2.91. The lowest BCUT2D eigenvalue weighted by Gasteiger charge is -2.11. The molecule has 0 atom stereocenters. The molecule has 0 spiro atoms. The molecule has 0 radical (unpaired) electrons. The summed E-state index contributed by atoms with van der Waals surface area (Å²) in [4.78, 5) is 0. The molecule has 0 saturated carbocycles. The van der Waals surface area contributed by atoms with Crippen molar-refractivity contribution in [3.8, 4) is 0 Å². The van der Waals surface area contributed by atoms with Crippen LogP contribution in [0.2, 0.25) is 0 Å². The molecule has 0 aromatic rings. The van der Waals surface area contributed by atoms with Gasteiger partial charge in [-0.1, -0.05) is 36.5 Å². The third kappa shape index (κ3) is 1.93.